The van der Waals surface area contributed by atoms with Crippen molar-refractivity contribution in [3.05, 3.63) is 35.9 Å². The highest BCUT2D eigenvalue weighted by Gasteiger charge is 2.08. The van der Waals surface area contributed by atoms with Crippen LogP contribution in [0.2, 0.25) is 0 Å². The lowest BCUT2D eigenvalue weighted by molar-refractivity contribution is -0.0150. The first kappa shape index (κ1) is 13.2. The molecule has 0 heterocycles. The van der Waals surface area contributed by atoms with Gasteiger partial charge in [0, 0.05) is 13.2 Å². The third kappa shape index (κ3) is 6.59. The second-order valence-electron chi connectivity index (χ2n) is 4.85. The van der Waals surface area contributed by atoms with Gasteiger partial charge in [-0.1, -0.05) is 30.3 Å². The summed E-state index contributed by atoms with van der Waals surface area (Å²) >= 11 is 0. The first-order valence-corrected chi connectivity index (χ1v) is 5.83. The molecule has 1 aromatic rings. The normalized spacial score (nSPS) is 11.7. The molecule has 0 amide bonds. The molecule has 0 aliphatic carbocycles. The minimum atomic E-state index is -0.0422. The molecule has 16 heavy (non-hydrogen) atoms. The van der Waals surface area contributed by atoms with Gasteiger partial charge in [0.1, 0.15) is 0 Å². The van der Waals surface area contributed by atoms with Crippen molar-refractivity contribution in [3.63, 3.8) is 0 Å². The van der Waals surface area contributed by atoms with E-state index in [4.69, 9.17) is 9.47 Å². The van der Waals surface area contributed by atoms with Gasteiger partial charge in [-0.25, -0.2) is 0 Å². The van der Waals surface area contributed by atoms with E-state index in [1.165, 1.54) is 5.56 Å². The summed E-state index contributed by atoms with van der Waals surface area (Å²) in [5, 5.41) is 0. The third-order valence-electron chi connectivity index (χ3n) is 2.08. The number of benzene rings is 1. The fourth-order valence-corrected chi connectivity index (χ4v) is 1.30. The molecule has 0 N–H and O–H groups in total. The Kier molecular flexibility index (Phi) is 5.50. The van der Waals surface area contributed by atoms with Crippen LogP contribution >= 0.6 is 0 Å². The Morgan fingerprint density at radius 1 is 1.00 bits per heavy atom. The van der Waals surface area contributed by atoms with Gasteiger partial charge in [0.15, 0.2) is 0 Å². The summed E-state index contributed by atoms with van der Waals surface area (Å²) in [5.74, 6) is 0. The number of rotatable bonds is 6. The average molecular weight is 222 g/mol. The van der Waals surface area contributed by atoms with Gasteiger partial charge in [0.05, 0.1) is 12.2 Å². The predicted octanol–water partition coefficient (Wildman–Crippen LogP) is 3.41. The molecular weight excluding hydrogens is 200 g/mol. The van der Waals surface area contributed by atoms with Gasteiger partial charge in [-0.05, 0) is 32.8 Å². The first-order valence-electron chi connectivity index (χ1n) is 5.83. The second kappa shape index (κ2) is 6.66. The van der Waals surface area contributed by atoms with E-state index < -0.39 is 0 Å². The van der Waals surface area contributed by atoms with E-state index >= 15 is 0 Å². The molecule has 0 aliphatic heterocycles. The molecule has 1 rings (SSSR count). The van der Waals surface area contributed by atoms with Crippen LogP contribution in [0.4, 0.5) is 0 Å². The van der Waals surface area contributed by atoms with Crippen molar-refractivity contribution in [2.75, 3.05) is 13.2 Å². The Morgan fingerprint density at radius 3 is 2.31 bits per heavy atom. The van der Waals surface area contributed by atoms with E-state index in [0.717, 1.165) is 19.6 Å². The summed E-state index contributed by atoms with van der Waals surface area (Å²) in [6.07, 6.45) is 0.949. The van der Waals surface area contributed by atoms with Gasteiger partial charge in [-0.3, -0.25) is 0 Å². The lowest BCUT2D eigenvalue weighted by Gasteiger charge is -2.19. The molecule has 2 heteroatoms. The van der Waals surface area contributed by atoms with Gasteiger partial charge in [-0.15, -0.1) is 0 Å². The lowest BCUT2D eigenvalue weighted by Crippen LogP contribution is -2.20. The van der Waals surface area contributed by atoms with Crippen LogP contribution in [0.5, 0.6) is 0 Å². The maximum absolute atomic E-state index is 5.60. The molecular formula is C14H22O2. The first-order chi connectivity index (χ1) is 7.58. The molecule has 0 spiro atoms. The van der Waals surface area contributed by atoms with Gasteiger partial charge in [0.25, 0.3) is 0 Å². The number of hydrogen-bond donors (Lipinski definition) is 0. The van der Waals surface area contributed by atoms with E-state index in [0.29, 0.717) is 6.61 Å². The van der Waals surface area contributed by atoms with Crippen LogP contribution in [0.15, 0.2) is 30.3 Å². The molecule has 0 radical (unpaired) electrons. The molecule has 0 saturated heterocycles. The lowest BCUT2D eigenvalue weighted by atomic mass is 10.2. The fourth-order valence-electron chi connectivity index (χ4n) is 1.30. The average Bonchev–Trinajstić information content (AvgIpc) is 2.23. The maximum Gasteiger partial charge on any atom is 0.0716 e. The zero-order valence-corrected chi connectivity index (χ0v) is 10.5. The van der Waals surface area contributed by atoms with Crippen molar-refractivity contribution in [1.82, 2.24) is 0 Å². The summed E-state index contributed by atoms with van der Waals surface area (Å²) in [5.41, 5.74) is 1.18. The van der Waals surface area contributed by atoms with Crippen molar-refractivity contribution in [2.45, 2.75) is 39.4 Å². The van der Waals surface area contributed by atoms with Crippen molar-refractivity contribution < 1.29 is 9.47 Å². The highest BCUT2D eigenvalue weighted by molar-refractivity contribution is 5.13. The topological polar surface area (TPSA) is 18.5 Å². The molecule has 0 saturated carbocycles. The predicted molar refractivity (Wildman–Crippen MR) is 66.4 cm³/mol. The molecule has 0 aliphatic rings. The number of hydrogen-bond acceptors (Lipinski definition) is 2. The van der Waals surface area contributed by atoms with Crippen LogP contribution in [0, 0.1) is 0 Å². The Labute approximate surface area is 98.6 Å². The van der Waals surface area contributed by atoms with Crippen molar-refractivity contribution >= 4 is 0 Å². The Morgan fingerprint density at radius 2 is 1.69 bits per heavy atom. The van der Waals surface area contributed by atoms with E-state index in [2.05, 4.69) is 32.9 Å². The quantitative estimate of drug-likeness (QED) is 0.687. The van der Waals surface area contributed by atoms with Crippen molar-refractivity contribution in [3.8, 4) is 0 Å². The Hall–Kier alpha value is -0.860. The zero-order valence-electron chi connectivity index (χ0n) is 10.5. The smallest absolute Gasteiger partial charge is 0.0716 e. The summed E-state index contributed by atoms with van der Waals surface area (Å²) in [7, 11) is 0. The third-order valence-corrected chi connectivity index (χ3v) is 2.08. The maximum atomic E-state index is 5.60. The molecule has 90 valence electrons. The van der Waals surface area contributed by atoms with Gasteiger partial charge in [0.2, 0.25) is 0 Å². The van der Waals surface area contributed by atoms with Crippen LogP contribution in [-0.4, -0.2) is 18.8 Å². The van der Waals surface area contributed by atoms with E-state index in [1.807, 2.05) is 18.2 Å². The van der Waals surface area contributed by atoms with Gasteiger partial charge >= 0.3 is 0 Å². The van der Waals surface area contributed by atoms with E-state index in [-0.39, 0.29) is 5.60 Å². The van der Waals surface area contributed by atoms with Crippen LogP contribution in [0.1, 0.15) is 32.8 Å². The Balaban J connectivity index is 2.01. The standard InChI is InChI=1S/C14H22O2/c1-14(2,3)16-11-7-10-15-12-13-8-5-4-6-9-13/h4-6,8-9H,7,10-12H2,1-3H3. The fraction of sp³-hybridized carbons (Fsp3) is 0.571. The SMILES string of the molecule is CC(C)(C)OCCCOCc1ccccc1. The van der Waals surface area contributed by atoms with Crippen LogP contribution in [0.3, 0.4) is 0 Å². The van der Waals surface area contributed by atoms with E-state index in [1.54, 1.807) is 0 Å². The minimum absolute atomic E-state index is 0.0422. The molecule has 0 bridgehead atoms. The largest absolute Gasteiger partial charge is 0.377 e. The zero-order chi connectivity index (χ0) is 11.9. The van der Waals surface area contributed by atoms with Gasteiger partial charge in [-0.2, -0.15) is 0 Å². The molecule has 0 aromatic heterocycles. The number of ether oxygens (including phenoxy) is 2. The summed E-state index contributed by atoms with van der Waals surface area (Å²) in [6, 6.07) is 10.2. The Bertz CT molecular complexity index is 275. The molecule has 0 unspecified atom stereocenters. The molecule has 0 fully saturated rings. The van der Waals surface area contributed by atoms with Gasteiger partial charge < -0.3 is 9.47 Å². The van der Waals surface area contributed by atoms with Crippen molar-refractivity contribution in [1.29, 1.82) is 0 Å². The highest BCUT2D eigenvalue weighted by Crippen LogP contribution is 2.07. The second-order valence-corrected chi connectivity index (χ2v) is 4.85. The van der Waals surface area contributed by atoms with Crippen LogP contribution in [-0.2, 0) is 16.1 Å². The molecule has 1 aromatic carbocycles. The molecule has 0 atom stereocenters. The molecule has 2 nitrogen and oxygen atoms in total. The summed E-state index contributed by atoms with van der Waals surface area (Å²) in [4.78, 5) is 0. The summed E-state index contributed by atoms with van der Waals surface area (Å²) < 4.78 is 11.2. The minimum Gasteiger partial charge on any atom is -0.377 e. The van der Waals surface area contributed by atoms with Crippen molar-refractivity contribution in [2.24, 2.45) is 0 Å². The van der Waals surface area contributed by atoms with Crippen LogP contribution in [0.25, 0.3) is 0 Å². The highest BCUT2D eigenvalue weighted by atomic mass is 16.5. The summed E-state index contributed by atoms with van der Waals surface area (Å²) in [6.45, 7) is 8.41. The van der Waals surface area contributed by atoms with Crippen LogP contribution < -0.4 is 0 Å². The monoisotopic (exact) mass is 222 g/mol. The van der Waals surface area contributed by atoms with E-state index in [9.17, 15) is 0 Å².